The first kappa shape index (κ1) is 13.3. The number of Topliss-reactive ketones (excluding diaryl/α,β-unsaturated/α-hetero) is 2. The summed E-state index contributed by atoms with van der Waals surface area (Å²) in [7, 11) is 0. The van der Waals surface area contributed by atoms with Gasteiger partial charge in [-0.05, 0) is 6.08 Å². The molecule has 0 aromatic rings. The van der Waals surface area contributed by atoms with Gasteiger partial charge in [0.05, 0.1) is 25.0 Å². The van der Waals surface area contributed by atoms with E-state index in [9.17, 15) is 24.2 Å². The lowest BCUT2D eigenvalue weighted by atomic mass is 9.86. The zero-order valence-electron chi connectivity index (χ0n) is 9.32. The highest BCUT2D eigenvalue weighted by atomic mass is 19.1. The Hall–Kier alpha value is -1.15. The highest BCUT2D eigenvalue weighted by Gasteiger charge is 2.48. The minimum atomic E-state index is -1.41. The van der Waals surface area contributed by atoms with Crippen molar-refractivity contribution in [1.82, 2.24) is 0 Å². The topological polar surface area (TPSA) is 104 Å². The molecular weight excluding hydrogens is 247 g/mol. The molecule has 1 heterocycles. The molecule has 100 valence electrons. The van der Waals surface area contributed by atoms with Crippen LogP contribution < -0.4 is 0 Å². The summed E-state index contributed by atoms with van der Waals surface area (Å²) in [4.78, 5) is 22.6. The number of aliphatic hydroxyl groups is 3. The standard InChI is InChI=1S/C11H13FO6/c12-5-1-4(6(14)2-7(5)15)11-10(17)9(16)8(3-13)18-11/h1,4,8-11,13,16-17H,2-3H2/t4?,8-,9+,10?,11+/m1/s1. The molecule has 2 rings (SSSR count). The van der Waals surface area contributed by atoms with E-state index in [1.54, 1.807) is 0 Å². The molecule has 1 fully saturated rings. The van der Waals surface area contributed by atoms with E-state index in [1.807, 2.05) is 0 Å². The summed E-state index contributed by atoms with van der Waals surface area (Å²) in [6.07, 6.45) is -4.71. The van der Waals surface area contributed by atoms with Gasteiger partial charge in [-0.3, -0.25) is 9.59 Å². The summed E-state index contributed by atoms with van der Waals surface area (Å²) in [5.41, 5.74) is 0. The highest BCUT2D eigenvalue weighted by Crippen LogP contribution is 2.31. The van der Waals surface area contributed by atoms with Gasteiger partial charge in [-0.2, -0.15) is 0 Å². The Balaban J connectivity index is 2.22. The Morgan fingerprint density at radius 2 is 2.00 bits per heavy atom. The number of hydrogen-bond donors (Lipinski definition) is 3. The number of ether oxygens (including phenoxy) is 1. The van der Waals surface area contributed by atoms with E-state index in [1.165, 1.54) is 0 Å². The monoisotopic (exact) mass is 260 g/mol. The second-order valence-corrected chi connectivity index (χ2v) is 4.41. The third-order valence-electron chi connectivity index (χ3n) is 3.23. The highest BCUT2D eigenvalue weighted by molar-refractivity contribution is 6.10. The molecule has 1 aliphatic carbocycles. The maximum atomic E-state index is 13.2. The van der Waals surface area contributed by atoms with Gasteiger partial charge >= 0.3 is 0 Å². The van der Waals surface area contributed by atoms with Crippen molar-refractivity contribution in [3.05, 3.63) is 11.9 Å². The molecule has 0 bridgehead atoms. The lowest BCUT2D eigenvalue weighted by Gasteiger charge is -2.24. The number of hydrogen-bond acceptors (Lipinski definition) is 6. The summed E-state index contributed by atoms with van der Waals surface area (Å²) in [5, 5.41) is 28.1. The quantitative estimate of drug-likeness (QED) is 0.521. The molecule has 0 amide bonds. The van der Waals surface area contributed by atoms with Crippen LogP contribution in [0.3, 0.4) is 0 Å². The van der Waals surface area contributed by atoms with Crippen molar-refractivity contribution in [3.63, 3.8) is 0 Å². The van der Waals surface area contributed by atoms with Crippen molar-refractivity contribution in [3.8, 4) is 0 Å². The van der Waals surface area contributed by atoms with Crippen molar-refractivity contribution in [2.45, 2.75) is 30.8 Å². The van der Waals surface area contributed by atoms with Crippen LogP contribution in [0.4, 0.5) is 4.39 Å². The van der Waals surface area contributed by atoms with Crippen LogP contribution in [0, 0.1) is 5.92 Å². The van der Waals surface area contributed by atoms with Gasteiger partial charge < -0.3 is 20.1 Å². The fourth-order valence-corrected chi connectivity index (χ4v) is 2.21. The van der Waals surface area contributed by atoms with E-state index in [-0.39, 0.29) is 0 Å². The van der Waals surface area contributed by atoms with Gasteiger partial charge in [-0.1, -0.05) is 0 Å². The summed E-state index contributed by atoms with van der Waals surface area (Å²) in [6, 6.07) is 0. The second kappa shape index (κ2) is 4.85. The molecule has 0 radical (unpaired) electrons. The number of aliphatic hydroxyl groups excluding tert-OH is 3. The van der Waals surface area contributed by atoms with Gasteiger partial charge in [0, 0.05) is 0 Å². The van der Waals surface area contributed by atoms with E-state index >= 15 is 0 Å². The van der Waals surface area contributed by atoms with Crippen molar-refractivity contribution < 1.29 is 34.0 Å². The first-order valence-electron chi connectivity index (χ1n) is 5.51. The second-order valence-electron chi connectivity index (χ2n) is 4.41. The van der Waals surface area contributed by atoms with E-state index in [2.05, 4.69) is 0 Å². The Labute approximate surface area is 102 Å². The van der Waals surface area contributed by atoms with Crippen LogP contribution in [0.15, 0.2) is 11.9 Å². The normalized spacial score (nSPS) is 41.1. The molecule has 2 unspecified atom stereocenters. The van der Waals surface area contributed by atoms with E-state index < -0.39 is 60.8 Å². The minimum Gasteiger partial charge on any atom is -0.394 e. The molecule has 0 aromatic heterocycles. The van der Waals surface area contributed by atoms with Crippen LogP contribution in [-0.2, 0) is 14.3 Å². The van der Waals surface area contributed by atoms with Crippen LogP contribution in [0.25, 0.3) is 0 Å². The fourth-order valence-electron chi connectivity index (χ4n) is 2.21. The van der Waals surface area contributed by atoms with Crippen LogP contribution in [0.5, 0.6) is 0 Å². The van der Waals surface area contributed by atoms with Gasteiger partial charge in [-0.25, -0.2) is 4.39 Å². The molecule has 7 heteroatoms. The number of rotatable bonds is 2. The maximum absolute atomic E-state index is 13.2. The first-order chi connectivity index (χ1) is 8.45. The van der Waals surface area contributed by atoms with Gasteiger partial charge in [0.25, 0.3) is 0 Å². The van der Waals surface area contributed by atoms with E-state index in [4.69, 9.17) is 9.84 Å². The average molecular weight is 260 g/mol. The molecule has 6 nitrogen and oxygen atoms in total. The molecule has 5 atom stereocenters. The predicted octanol–water partition coefficient (Wildman–Crippen LogP) is -1.52. The molecule has 1 aliphatic heterocycles. The molecular formula is C11H13FO6. The average Bonchev–Trinajstić information content (AvgIpc) is 2.61. The third kappa shape index (κ3) is 2.10. The van der Waals surface area contributed by atoms with Crippen LogP contribution in [0.2, 0.25) is 0 Å². The first-order valence-corrected chi connectivity index (χ1v) is 5.51. The Morgan fingerprint density at radius 3 is 2.56 bits per heavy atom. The zero-order chi connectivity index (χ0) is 13.4. The van der Waals surface area contributed by atoms with Gasteiger partial charge in [-0.15, -0.1) is 0 Å². The van der Waals surface area contributed by atoms with Gasteiger partial charge in [0.15, 0.2) is 11.6 Å². The molecule has 0 aromatic carbocycles. The maximum Gasteiger partial charge on any atom is 0.198 e. The lowest BCUT2D eigenvalue weighted by Crippen LogP contribution is -2.40. The van der Waals surface area contributed by atoms with Crippen LogP contribution in [-0.4, -0.2) is 57.9 Å². The SMILES string of the molecule is O=C1CC(=O)C([C@@H]2O[C@H](CO)[C@H](O)C2O)C=C1F. The Morgan fingerprint density at radius 1 is 1.33 bits per heavy atom. The van der Waals surface area contributed by atoms with Gasteiger partial charge in [0.2, 0.25) is 0 Å². The van der Waals surface area contributed by atoms with Gasteiger partial charge in [0.1, 0.15) is 24.1 Å². The number of halogens is 1. The summed E-state index contributed by atoms with van der Waals surface area (Å²) in [6.45, 7) is -0.527. The molecule has 1 saturated heterocycles. The van der Waals surface area contributed by atoms with Crippen LogP contribution >= 0.6 is 0 Å². The minimum absolute atomic E-state index is 0.527. The third-order valence-corrected chi connectivity index (χ3v) is 3.23. The number of carbonyl (C=O) groups is 2. The number of carbonyl (C=O) groups excluding carboxylic acids is 2. The zero-order valence-corrected chi connectivity index (χ0v) is 9.32. The molecule has 18 heavy (non-hydrogen) atoms. The predicted molar refractivity (Wildman–Crippen MR) is 55.1 cm³/mol. The molecule has 0 saturated carbocycles. The summed E-state index contributed by atoms with van der Waals surface area (Å²) in [5.74, 6) is -3.64. The molecule has 0 spiro atoms. The Bertz CT molecular complexity index is 406. The smallest absolute Gasteiger partial charge is 0.198 e. The molecule has 2 aliphatic rings. The Kier molecular flexibility index (Phi) is 3.58. The van der Waals surface area contributed by atoms with Crippen molar-refractivity contribution in [1.29, 1.82) is 0 Å². The van der Waals surface area contributed by atoms with Crippen molar-refractivity contribution >= 4 is 11.6 Å². The number of allylic oxidation sites excluding steroid dienone is 1. The summed E-state index contributed by atoms with van der Waals surface area (Å²) >= 11 is 0. The summed E-state index contributed by atoms with van der Waals surface area (Å²) < 4.78 is 18.3. The lowest BCUT2D eigenvalue weighted by molar-refractivity contribution is -0.133. The van der Waals surface area contributed by atoms with Crippen molar-refractivity contribution in [2.75, 3.05) is 6.61 Å². The van der Waals surface area contributed by atoms with E-state index in [0.29, 0.717) is 0 Å². The number of ketones is 2. The largest absolute Gasteiger partial charge is 0.394 e. The van der Waals surface area contributed by atoms with E-state index in [0.717, 1.165) is 6.08 Å². The molecule has 3 N–H and O–H groups in total. The van der Waals surface area contributed by atoms with Crippen LogP contribution in [0.1, 0.15) is 6.42 Å². The fraction of sp³-hybridized carbons (Fsp3) is 0.636. The van der Waals surface area contributed by atoms with Crippen molar-refractivity contribution in [2.24, 2.45) is 5.92 Å².